The van der Waals surface area contributed by atoms with Gasteiger partial charge in [-0.1, -0.05) is 0 Å². The number of aliphatic hydroxyl groups is 1. The minimum absolute atomic E-state index is 0.0175. The number of hydrogen-bond donors (Lipinski definition) is 3. The van der Waals surface area contributed by atoms with E-state index in [9.17, 15) is 18.0 Å². The van der Waals surface area contributed by atoms with Crippen molar-refractivity contribution in [3.8, 4) is 17.0 Å². The van der Waals surface area contributed by atoms with Crippen LogP contribution in [0.15, 0.2) is 24.5 Å². The summed E-state index contributed by atoms with van der Waals surface area (Å²) < 4.78 is 45.9. The Morgan fingerprint density at radius 3 is 2.69 bits per heavy atom. The summed E-state index contributed by atoms with van der Waals surface area (Å²) in [5.74, 6) is -0.0403. The number of aromatic amines is 1. The van der Waals surface area contributed by atoms with Crippen LogP contribution in [-0.2, 0) is 6.18 Å². The minimum Gasteiger partial charge on any atom is -0.493 e. The number of ether oxygens (including phenoxy) is 1. The Bertz CT molecular complexity index is 1200. The summed E-state index contributed by atoms with van der Waals surface area (Å²) in [6.07, 6.45) is -1.77. The SMILES string of the molecule is CCOc1ccc(C(F)(F)F)cc1-c1ncnc2c(C(=O)NC3CCN(CCO)CC3)c(C)[nH]c12. The van der Waals surface area contributed by atoms with E-state index >= 15 is 0 Å². The van der Waals surface area contributed by atoms with Crippen LogP contribution in [0.5, 0.6) is 5.75 Å². The van der Waals surface area contributed by atoms with Gasteiger partial charge in [0.25, 0.3) is 5.91 Å². The number of likely N-dealkylation sites (tertiary alicyclic amines) is 1. The summed E-state index contributed by atoms with van der Waals surface area (Å²) in [4.78, 5) is 27.0. The second-order valence-electron chi connectivity index (χ2n) is 8.53. The molecule has 0 saturated carbocycles. The van der Waals surface area contributed by atoms with Crippen LogP contribution in [0.3, 0.4) is 0 Å². The predicted molar refractivity (Wildman–Crippen MR) is 124 cm³/mol. The van der Waals surface area contributed by atoms with Gasteiger partial charge in [0.15, 0.2) is 0 Å². The quantitative estimate of drug-likeness (QED) is 0.467. The van der Waals surface area contributed by atoms with E-state index in [4.69, 9.17) is 9.84 Å². The molecule has 0 aliphatic carbocycles. The van der Waals surface area contributed by atoms with Crippen molar-refractivity contribution >= 4 is 16.9 Å². The lowest BCUT2D eigenvalue weighted by atomic mass is 10.0. The number of aromatic nitrogens is 3. The average molecular weight is 492 g/mol. The van der Waals surface area contributed by atoms with Crippen molar-refractivity contribution in [3.63, 3.8) is 0 Å². The smallest absolute Gasteiger partial charge is 0.416 e. The van der Waals surface area contributed by atoms with Gasteiger partial charge in [-0.25, -0.2) is 9.97 Å². The molecule has 1 aromatic carbocycles. The molecule has 0 bridgehead atoms. The zero-order valence-corrected chi connectivity index (χ0v) is 19.6. The van der Waals surface area contributed by atoms with Gasteiger partial charge in [0.2, 0.25) is 0 Å². The van der Waals surface area contributed by atoms with Crippen molar-refractivity contribution in [1.29, 1.82) is 0 Å². The molecule has 0 spiro atoms. The molecular weight excluding hydrogens is 463 g/mol. The molecule has 3 heterocycles. The van der Waals surface area contributed by atoms with Crippen LogP contribution in [0, 0.1) is 6.92 Å². The van der Waals surface area contributed by atoms with Crippen LogP contribution in [0.4, 0.5) is 13.2 Å². The first-order chi connectivity index (χ1) is 16.7. The van der Waals surface area contributed by atoms with Gasteiger partial charge in [0.05, 0.1) is 29.9 Å². The number of hydrogen-bond acceptors (Lipinski definition) is 6. The highest BCUT2D eigenvalue weighted by molar-refractivity contribution is 6.09. The number of nitrogens with zero attached hydrogens (tertiary/aromatic N) is 3. The van der Waals surface area contributed by atoms with Gasteiger partial charge in [-0.3, -0.25) is 4.79 Å². The van der Waals surface area contributed by atoms with Crippen LogP contribution >= 0.6 is 0 Å². The maximum absolute atomic E-state index is 13.4. The van der Waals surface area contributed by atoms with E-state index in [0.717, 1.165) is 38.1 Å². The van der Waals surface area contributed by atoms with Crippen LogP contribution in [-0.4, -0.2) is 69.8 Å². The molecule has 3 aromatic rings. The monoisotopic (exact) mass is 491 g/mol. The van der Waals surface area contributed by atoms with Crippen LogP contribution in [0.25, 0.3) is 22.3 Å². The zero-order valence-electron chi connectivity index (χ0n) is 19.6. The largest absolute Gasteiger partial charge is 0.493 e. The second kappa shape index (κ2) is 10.2. The number of carbonyl (C=O) groups excluding carboxylic acids is 1. The molecule has 0 radical (unpaired) electrons. The maximum Gasteiger partial charge on any atom is 0.416 e. The number of amides is 1. The summed E-state index contributed by atoms with van der Waals surface area (Å²) in [5, 5.41) is 12.2. The first-order valence-corrected chi connectivity index (χ1v) is 11.5. The van der Waals surface area contributed by atoms with Gasteiger partial charge in [-0.15, -0.1) is 0 Å². The lowest BCUT2D eigenvalue weighted by Gasteiger charge is -2.31. The van der Waals surface area contributed by atoms with Crippen LogP contribution in [0.2, 0.25) is 0 Å². The topological polar surface area (TPSA) is 103 Å². The first-order valence-electron chi connectivity index (χ1n) is 11.5. The van der Waals surface area contributed by atoms with Gasteiger partial charge < -0.3 is 25.0 Å². The van der Waals surface area contributed by atoms with Crippen molar-refractivity contribution in [2.45, 2.75) is 38.9 Å². The van der Waals surface area contributed by atoms with Crippen molar-refractivity contribution in [2.24, 2.45) is 0 Å². The number of β-amino-alcohol motifs (C(OH)–C–C–N with tert-alkyl or cyclic N) is 1. The first kappa shape index (κ1) is 24.9. The summed E-state index contributed by atoms with van der Waals surface area (Å²) in [7, 11) is 0. The third kappa shape index (κ3) is 5.25. The number of carbonyl (C=O) groups is 1. The molecule has 1 saturated heterocycles. The number of nitrogens with one attached hydrogen (secondary N) is 2. The van der Waals surface area contributed by atoms with Gasteiger partial charge >= 0.3 is 6.18 Å². The van der Waals surface area contributed by atoms with Crippen LogP contribution in [0.1, 0.15) is 41.4 Å². The van der Waals surface area contributed by atoms with E-state index in [2.05, 4.69) is 25.2 Å². The molecule has 0 atom stereocenters. The van der Waals surface area contributed by atoms with E-state index in [1.54, 1.807) is 13.8 Å². The molecule has 4 rings (SSSR count). The fourth-order valence-corrected chi connectivity index (χ4v) is 4.48. The number of alkyl halides is 3. The van der Waals surface area contributed by atoms with Crippen molar-refractivity contribution in [3.05, 3.63) is 41.3 Å². The van der Waals surface area contributed by atoms with Crippen molar-refractivity contribution < 1.29 is 27.8 Å². The molecule has 11 heteroatoms. The predicted octanol–water partition coefficient (Wildman–Crippen LogP) is 3.54. The number of aliphatic hydroxyl groups excluding tert-OH is 1. The summed E-state index contributed by atoms with van der Waals surface area (Å²) in [5.41, 5.74) is 1.16. The van der Waals surface area contributed by atoms with Gasteiger partial charge in [-0.2, -0.15) is 13.2 Å². The van der Waals surface area contributed by atoms with Crippen molar-refractivity contribution in [2.75, 3.05) is 32.8 Å². The third-order valence-corrected chi connectivity index (χ3v) is 6.20. The lowest BCUT2D eigenvalue weighted by molar-refractivity contribution is -0.137. The number of rotatable bonds is 7. The van der Waals surface area contributed by atoms with E-state index < -0.39 is 11.7 Å². The Balaban J connectivity index is 1.68. The Hall–Kier alpha value is -3.18. The highest BCUT2D eigenvalue weighted by Gasteiger charge is 2.32. The summed E-state index contributed by atoms with van der Waals surface area (Å²) in [6.45, 7) is 6.00. The van der Waals surface area contributed by atoms with E-state index in [-0.39, 0.29) is 42.2 Å². The molecule has 3 N–H and O–H groups in total. The molecule has 1 amide bonds. The van der Waals surface area contributed by atoms with Gasteiger partial charge in [0.1, 0.15) is 23.3 Å². The number of benzene rings is 1. The Kier molecular flexibility index (Phi) is 7.27. The van der Waals surface area contributed by atoms with Gasteiger partial charge in [-0.05, 0) is 44.9 Å². The fraction of sp³-hybridized carbons (Fsp3) is 0.458. The number of aryl methyl sites for hydroxylation is 1. The average Bonchev–Trinajstić information content (AvgIpc) is 3.16. The van der Waals surface area contributed by atoms with Crippen molar-refractivity contribution in [1.82, 2.24) is 25.2 Å². The third-order valence-electron chi connectivity index (χ3n) is 6.20. The number of fused-ring (bicyclic) bond motifs is 1. The number of piperidine rings is 1. The van der Waals surface area contributed by atoms with E-state index in [1.165, 1.54) is 12.4 Å². The molecule has 1 aliphatic heterocycles. The van der Waals surface area contributed by atoms with E-state index in [1.807, 2.05) is 0 Å². The Morgan fingerprint density at radius 1 is 1.29 bits per heavy atom. The second-order valence-corrected chi connectivity index (χ2v) is 8.53. The lowest BCUT2D eigenvalue weighted by Crippen LogP contribution is -2.45. The summed E-state index contributed by atoms with van der Waals surface area (Å²) >= 11 is 0. The highest BCUT2D eigenvalue weighted by Crippen LogP contribution is 2.39. The van der Waals surface area contributed by atoms with Gasteiger partial charge in [0, 0.05) is 36.9 Å². The van der Waals surface area contributed by atoms with E-state index in [0.29, 0.717) is 28.8 Å². The number of H-pyrrole nitrogens is 1. The molecule has 2 aromatic heterocycles. The maximum atomic E-state index is 13.4. The highest BCUT2D eigenvalue weighted by atomic mass is 19.4. The Morgan fingerprint density at radius 2 is 2.03 bits per heavy atom. The molecule has 1 aliphatic rings. The molecule has 188 valence electrons. The Labute approximate surface area is 200 Å². The fourth-order valence-electron chi connectivity index (χ4n) is 4.48. The molecular formula is C24H28F3N5O3. The normalized spacial score (nSPS) is 15.5. The summed E-state index contributed by atoms with van der Waals surface area (Å²) in [6, 6.07) is 3.24. The number of halogens is 3. The molecule has 0 unspecified atom stereocenters. The molecule has 35 heavy (non-hydrogen) atoms. The molecule has 8 nitrogen and oxygen atoms in total. The minimum atomic E-state index is -4.53. The molecule has 1 fully saturated rings. The zero-order chi connectivity index (χ0) is 25.2. The standard InChI is InChI=1S/C24H28F3N5O3/c1-3-35-18-5-4-15(24(25,26)27)12-17(18)20-22-21(29-13-28-20)19(14(2)30-22)23(34)31-16-6-8-32(9-7-16)10-11-33/h4-5,12-13,16,30,33H,3,6-11H2,1-2H3,(H,31,34). The van der Waals surface area contributed by atoms with Crippen LogP contribution < -0.4 is 10.1 Å².